The van der Waals surface area contributed by atoms with E-state index in [1.807, 2.05) is 0 Å². The molecule has 0 saturated heterocycles. The molecule has 0 spiro atoms. The molecule has 1 amide bonds. The Kier molecular flexibility index (Phi) is 3.89. The molecule has 0 atom stereocenters. The number of aromatic nitrogens is 1. The van der Waals surface area contributed by atoms with Crippen molar-refractivity contribution in [3.8, 4) is 5.75 Å². The smallest absolute Gasteiger partial charge is 0.253 e. The van der Waals surface area contributed by atoms with Crippen molar-refractivity contribution in [1.29, 1.82) is 0 Å². The zero-order valence-electron chi connectivity index (χ0n) is 11.4. The third-order valence-corrected chi connectivity index (χ3v) is 3.01. The lowest BCUT2D eigenvalue weighted by Crippen LogP contribution is -2.28. The molecule has 0 unspecified atom stereocenters. The lowest BCUT2D eigenvalue weighted by Gasteiger charge is -2.10. The molecule has 2 N–H and O–H groups in total. The number of carbonyl (C=O) groups excluding carboxylic acids is 1. The van der Waals surface area contributed by atoms with Gasteiger partial charge in [0.2, 0.25) is 5.91 Å². The Morgan fingerprint density at radius 1 is 1.25 bits per heavy atom. The minimum Gasteiger partial charge on any atom is -0.508 e. The maximum Gasteiger partial charge on any atom is 0.253 e. The summed E-state index contributed by atoms with van der Waals surface area (Å²) < 4.78 is 1.36. The minimum atomic E-state index is -0.286. The molecule has 5 nitrogen and oxygen atoms in total. The van der Waals surface area contributed by atoms with Crippen molar-refractivity contribution < 1.29 is 9.90 Å². The largest absolute Gasteiger partial charge is 0.508 e. The van der Waals surface area contributed by atoms with Crippen molar-refractivity contribution in [1.82, 2.24) is 4.57 Å². The molecule has 0 saturated carbocycles. The molecule has 1 aromatic heterocycles. The standard InChI is InChI=1S/C15H16N2O3/c1-10-4-3-7-17(15(10)20)9-14(19)16-13-6-5-12(18)8-11(13)2/h3-8,18H,9H2,1-2H3,(H,16,19). The third kappa shape index (κ3) is 3.06. The van der Waals surface area contributed by atoms with E-state index in [9.17, 15) is 14.7 Å². The number of aromatic hydroxyl groups is 1. The van der Waals surface area contributed by atoms with Crippen LogP contribution in [-0.4, -0.2) is 15.6 Å². The predicted molar refractivity (Wildman–Crippen MR) is 76.9 cm³/mol. The average Bonchev–Trinajstić information content (AvgIpc) is 2.38. The number of phenols is 1. The van der Waals surface area contributed by atoms with Gasteiger partial charge in [0.15, 0.2) is 0 Å². The Balaban J connectivity index is 2.13. The fraction of sp³-hybridized carbons (Fsp3) is 0.200. The van der Waals surface area contributed by atoms with E-state index >= 15 is 0 Å². The van der Waals surface area contributed by atoms with E-state index in [0.29, 0.717) is 11.3 Å². The van der Waals surface area contributed by atoms with Crippen LogP contribution in [0.1, 0.15) is 11.1 Å². The number of hydrogen-bond donors (Lipinski definition) is 2. The first-order valence-corrected chi connectivity index (χ1v) is 6.23. The number of phenolic OH excluding ortho intramolecular Hbond substituents is 1. The number of pyridine rings is 1. The highest BCUT2D eigenvalue weighted by molar-refractivity contribution is 5.91. The molecule has 0 aliphatic rings. The van der Waals surface area contributed by atoms with E-state index in [-0.39, 0.29) is 23.8 Å². The van der Waals surface area contributed by atoms with Gasteiger partial charge in [0.05, 0.1) is 0 Å². The zero-order valence-corrected chi connectivity index (χ0v) is 11.4. The highest BCUT2D eigenvalue weighted by Gasteiger charge is 2.07. The number of nitrogens with one attached hydrogen (secondary N) is 1. The van der Waals surface area contributed by atoms with Gasteiger partial charge < -0.3 is 15.0 Å². The van der Waals surface area contributed by atoms with Gasteiger partial charge in [-0.15, -0.1) is 0 Å². The molecule has 0 aliphatic heterocycles. The number of nitrogens with zero attached hydrogens (tertiary/aromatic N) is 1. The van der Waals surface area contributed by atoms with E-state index < -0.39 is 0 Å². The van der Waals surface area contributed by atoms with Crippen molar-refractivity contribution in [2.75, 3.05) is 5.32 Å². The number of benzene rings is 1. The van der Waals surface area contributed by atoms with Gasteiger partial charge in [-0.25, -0.2) is 0 Å². The van der Waals surface area contributed by atoms with E-state index in [0.717, 1.165) is 5.56 Å². The molecule has 2 rings (SSSR count). The number of anilines is 1. The van der Waals surface area contributed by atoms with Crippen LogP contribution in [0.15, 0.2) is 41.3 Å². The highest BCUT2D eigenvalue weighted by atomic mass is 16.3. The Hall–Kier alpha value is -2.56. The molecular weight excluding hydrogens is 256 g/mol. The van der Waals surface area contributed by atoms with Gasteiger partial charge in [-0.2, -0.15) is 0 Å². The normalized spacial score (nSPS) is 10.3. The Labute approximate surface area is 116 Å². The molecule has 1 aromatic carbocycles. The molecule has 2 aromatic rings. The van der Waals surface area contributed by atoms with Gasteiger partial charge in [-0.3, -0.25) is 9.59 Å². The number of carbonyl (C=O) groups is 1. The zero-order chi connectivity index (χ0) is 14.7. The number of amides is 1. The van der Waals surface area contributed by atoms with Crippen molar-refractivity contribution >= 4 is 11.6 Å². The van der Waals surface area contributed by atoms with E-state index in [1.54, 1.807) is 44.3 Å². The Morgan fingerprint density at radius 3 is 2.70 bits per heavy atom. The summed E-state index contributed by atoms with van der Waals surface area (Å²) >= 11 is 0. The van der Waals surface area contributed by atoms with E-state index in [1.165, 1.54) is 10.6 Å². The molecular formula is C15H16N2O3. The maximum atomic E-state index is 11.9. The van der Waals surface area contributed by atoms with Crippen LogP contribution in [0, 0.1) is 13.8 Å². The summed E-state index contributed by atoms with van der Waals surface area (Å²) in [5.41, 5.74) is 1.80. The molecule has 1 heterocycles. The summed E-state index contributed by atoms with van der Waals surface area (Å²) in [5, 5.41) is 12.0. The van der Waals surface area contributed by atoms with Crippen molar-refractivity contribution in [2.24, 2.45) is 0 Å². The number of hydrogen-bond acceptors (Lipinski definition) is 3. The number of aryl methyl sites for hydroxylation is 2. The Morgan fingerprint density at radius 2 is 2.00 bits per heavy atom. The van der Waals surface area contributed by atoms with Gasteiger partial charge in [-0.05, 0) is 43.7 Å². The first-order chi connectivity index (χ1) is 9.47. The van der Waals surface area contributed by atoms with Crippen LogP contribution >= 0.6 is 0 Å². The van der Waals surface area contributed by atoms with Crippen LogP contribution in [0.3, 0.4) is 0 Å². The summed E-state index contributed by atoms with van der Waals surface area (Å²) in [4.78, 5) is 23.8. The Bertz CT molecular complexity index is 705. The molecule has 0 bridgehead atoms. The molecule has 0 fully saturated rings. The van der Waals surface area contributed by atoms with Crippen LogP contribution in [-0.2, 0) is 11.3 Å². The van der Waals surface area contributed by atoms with Crippen LogP contribution < -0.4 is 10.9 Å². The highest BCUT2D eigenvalue weighted by Crippen LogP contribution is 2.19. The molecule has 0 radical (unpaired) electrons. The monoisotopic (exact) mass is 272 g/mol. The summed E-state index contributed by atoms with van der Waals surface area (Å²) in [6, 6.07) is 8.13. The predicted octanol–water partition coefficient (Wildman–Crippen LogP) is 1.81. The second-order valence-corrected chi connectivity index (χ2v) is 4.67. The maximum absolute atomic E-state index is 11.9. The SMILES string of the molecule is Cc1cc(O)ccc1NC(=O)Cn1cccc(C)c1=O. The quantitative estimate of drug-likeness (QED) is 0.837. The van der Waals surface area contributed by atoms with Gasteiger partial charge in [0.1, 0.15) is 12.3 Å². The van der Waals surface area contributed by atoms with Crippen LogP contribution in [0.2, 0.25) is 0 Å². The van der Waals surface area contributed by atoms with Crippen molar-refractivity contribution in [3.05, 3.63) is 58.0 Å². The lowest BCUT2D eigenvalue weighted by molar-refractivity contribution is -0.116. The van der Waals surface area contributed by atoms with Gasteiger partial charge in [0, 0.05) is 17.4 Å². The average molecular weight is 272 g/mol. The molecule has 20 heavy (non-hydrogen) atoms. The second-order valence-electron chi connectivity index (χ2n) is 4.67. The van der Waals surface area contributed by atoms with E-state index in [4.69, 9.17) is 0 Å². The van der Waals surface area contributed by atoms with Crippen LogP contribution in [0.25, 0.3) is 0 Å². The number of rotatable bonds is 3. The van der Waals surface area contributed by atoms with Crippen LogP contribution in [0.5, 0.6) is 5.75 Å². The molecule has 0 aliphatic carbocycles. The topological polar surface area (TPSA) is 71.3 Å². The van der Waals surface area contributed by atoms with Crippen molar-refractivity contribution in [3.63, 3.8) is 0 Å². The summed E-state index contributed by atoms with van der Waals surface area (Å²) in [6.45, 7) is 3.45. The fourth-order valence-electron chi connectivity index (χ4n) is 1.91. The van der Waals surface area contributed by atoms with E-state index in [2.05, 4.69) is 5.32 Å². The summed E-state index contributed by atoms with van der Waals surface area (Å²) in [5.74, 6) is -0.137. The molecule has 5 heteroatoms. The van der Waals surface area contributed by atoms with Gasteiger partial charge in [0.25, 0.3) is 5.56 Å². The fourth-order valence-corrected chi connectivity index (χ4v) is 1.91. The first-order valence-electron chi connectivity index (χ1n) is 6.23. The van der Waals surface area contributed by atoms with Gasteiger partial charge >= 0.3 is 0 Å². The minimum absolute atomic E-state index is 0.0408. The van der Waals surface area contributed by atoms with Crippen LogP contribution in [0.4, 0.5) is 5.69 Å². The molecule has 104 valence electrons. The second kappa shape index (κ2) is 5.61. The lowest BCUT2D eigenvalue weighted by atomic mass is 10.2. The summed E-state index contributed by atoms with van der Waals surface area (Å²) in [6.07, 6.45) is 1.58. The summed E-state index contributed by atoms with van der Waals surface area (Å²) in [7, 11) is 0. The first kappa shape index (κ1) is 13.9. The third-order valence-electron chi connectivity index (χ3n) is 3.01. The van der Waals surface area contributed by atoms with Crippen molar-refractivity contribution in [2.45, 2.75) is 20.4 Å². The van der Waals surface area contributed by atoms with Gasteiger partial charge in [-0.1, -0.05) is 6.07 Å².